The van der Waals surface area contributed by atoms with Gasteiger partial charge in [-0.3, -0.25) is 0 Å². The fourth-order valence-corrected chi connectivity index (χ4v) is 4.24. The van der Waals surface area contributed by atoms with Crippen molar-refractivity contribution >= 4 is 22.6 Å². The molecule has 1 N–H and O–H groups in total. The fraction of sp³-hybridized carbons (Fsp3) is 0.526. The molecule has 0 radical (unpaired) electrons. The quantitative estimate of drug-likeness (QED) is 0.789. The minimum absolute atomic E-state index is 0.213. The second kappa shape index (κ2) is 6.69. The summed E-state index contributed by atoms with van der Waals surface area (Å²) in [4.78, 5) is 0.213. The summed E-state index contributed by atoms with van der Waals surface area (Å²) in [7, 11) is -4.06. The molecule has 2 heterocycles. The Hall–Kier alpha value is -1.68. The molecule has 3 rings (SSSR count). The maximum atomic E-state index is 12.4. The van der Waals surface area contributed by atoms with Crippen LogP contribution in [0.1, 0.15) is 48.5 Å². The van der Waals surface area contributed by atoms with Crippen molar-refractivity contribution in [1.29, 1.82) is 0 Å². The van der Waals surface area contributed by atoms with Gasteiger partial charge in [0.2, 0.25) is 10.0 Å². The molecule has 0 unspecified atom stereocenters. The number of nitrogens with one attached hydrogen (secondary N) is 1. The van der Waals surface area contributed by atoms with Gasteiger partial charge < -0.3 is 9.31 Å². The number of aromatic nitrogens is 2. The van der Waals surface area contributed by atoms with E-state index in [0.29, 0.717) is 0 Å². The van der Waals surface area contributed by atoms with Gasteiger partial charge >= 0.3 is 7.12 Å². The van der Waals surface area contributed by atoms with E-state index in [1.807, 2.05) is 33.9 Å². The number of sulfonamides is 1. The van der Waals surface area contributed by atoms with Gasteiger partial charge in [0.05, 0.1) is 21.8 Å². The van der Waals surface area contributed by atoms with Crippen LogP contribution >= 0.6 is 0 Å². The highest BCUT2D eigenvalue weighted by Crippen LogP contribution is 2.36. The molecule has 152 valence electrons. The van der Waals surface area contributed by atoms with Crippen molar-refractivity contribution in [3.63, 3.8) is 0 Å². The molecule has 0 saturated carbocycles. The van der Waals surface area contributed by atoms with E-state index in [4.69, 9.17) is 9.31 Å². The molecule has 9 heteroatoms. The largest absolute Gasteiger partial charge is 0.498 e. The Balaban J connectivity index is 1.80. The lowest BCUT2D eigenvalue weighted by Gasteiger charge is -2.32. The third-order valence-corrected chi connectivity index (χ3v) is 6.75. The van der Waals surface area contributed by atoms with E-state index in [1.54, 1.807) is 55.9 Å². The van der Waals surface area contributed by atoms with Crippen LogP contribution in [0.25, 0.3) is 5.69 Å². The average Bonchev–Trinajstić information content (AvgIpc) is 3.08. The van der Waals surface area contributed by atoms with Gasteiger partial charge in [0.1, 0.15) is 0 Å². The second-order valence-corrected chi connectivity index (χ2v) is 10.8. The van der Waals surface area contributed by atoms with E-state index in [0.717, 1.165) is 11.2 Å². The molecule has 28 heavy (non-hydrogen) atoms. The van der Waals surface area contributed by atoms with Gasteiger partial charge in [0, 0.05) is 23.4 Å². The summed E-state index contributed by atoms with van der Waals surface area (Å²) in [5.41, 5.74) is 0.172. The standard InChI is InChI=1S/C19H28BN3O4S/c1-17(2,3)22-28(24,25)16-10-8-15(9-11-16)23-13-14(12-21-23)20-26-18(4,5)19(6,7)27-20/h8-13,22H,1-7H3. The first-order valence-corrected chi connectivity index (χ1v) is 10.7. The van der Waals surface area contributed by atoms with Crippen LogP contribution in [0.2, 0.25) is 0 Å². The Morgan fingerprint density at radius 1 is 1.04 bits per heavy atom. The van der Waals surface area contributed by atoms with Crippen molar-refractivity contribution in [3.8, 4) is 5.69 Å². The number of hydrogen-bond acceptors (Lipinski definition) is 5. The highest BCUT2D eigenvalue weighted by Gasteiger charge is 2.52. The van der Waals surface area contributed by atoms with E-state index < -0.39 is 33.9 Å². The molecule has 0 spiro atoms. The lowest BCUT2D eigenvalue weighted by molar-refractivity contribution is 0.00578. The molecule has 0 bridgehead atoms. The average molecular weight is 405 g/mol. The summed E-state index contributed by atoms with van der Waals surface area (Å²) >= 11 is 0. The number of rotatable bonds is 4. The Labute approximate surface area is 167 Å². The molecular weight excluding hydrogens is 377 g/mol. The molecule has 1 aromatic heterocycles. The summed E-state index contributed by atoms with van der Waals surface area (Å²) < 4.78 is 41.3. The zero-order valence-corrected chi connectivity index (χ0v) is 18.3. The maximum absolute atomic E-state index is 12.4. The Bertz CT molecular complexity index is 944. The molecule has 1 aromatic carbocycles. The molecule has 0 atom stereocenters. The Kier molecular flexibility index (Phi) is 5.03. The molecule has 1 saturated heterocycles. The van der Waals surface area contributed by atoms with Gasteiger partial charge in [-0.15, -0.1) is 0 Å². The van der Waals surface area contributed by atoms with Crippen LogP contribution < -0.4 is 10.2 Å². The number of benzene rings is 1. The summed E-state index contributed by atoms with van der Waals surface area (Å²) in [5.74, 6) is 0. The van der Waals surface area contributed by atoms with Crippen molar-refractivity contribution in [2.45, 2.75) is 70.1 Å². The smallest absolute Gasteiger partial charge is 0.399 e. The van der Waals surface area contributed by atoms with E-state index in [2.05, 4.69) is 9.82 Å². The van der Waals surface area contributed by atoms with Crippen LogP contribution in [-0.2, 0) is 19.3 Å². The summed E-state index contributed by atoms with van der Waals surface area (Å²) in [6.45, 7) is 13.4. The molecule has 0 amide bonds. The molecular formula is C19H28BN3O4S. The van der Waals surface area contributed by atoms with Gasteiger partial charge in [0.15, 0.2) is 0 Å². The van der Waals surface area contributed by atoms with Crippen LogP contribution in [-0.4, -0.2) is 42.1 Å². The van der Waals surface area contributed by atoms with Crippen molar-refractivity contribution in [1.82, 2.24) is 14.5 Å². The summed E-state index contributed by atoms with van der Waals surface area (Å²) in [6.07, 6.45) is 3.53. The molecule has 1 aliphatic heterocycles. The predicted molar refractivity (Wildman–Crippen MR) is 109 cm³/mol. The van der Waals surface area contributed by atoms with Gasteiger partial charge in [-0.1, -0.05) is 0 Å². The van der Waals surface area contributed by atoms with Gasteiger partial charge in [0.25, 0.3) is 0 Å². The zero-order chi connectivity index (χ0) is 21.0. The summed E-state index contributed by atoms with van der Waals surface area (Å²) in [6, 6.07) is 6.58. The monoisotopic (exact) mass is 405 g/mol. The van der Waals surface area contributed by atoms with E-state index in [-0.39, 0.29) is 4.90 Å². The maximum Gasteiger partial charge on any atom is 0.498 e. The highest BCUT2D eigenvalue weighted by atomic mass is 32.2. The molecule has 0 aliphatic carbocycles. The number of nitrogens with zero attached hydrogens (tertiary/aromatic N) is 2. The third-order valence-electron chi connectivity index (χ3n) is 4.98. The van der Waals surface area contributed by atoms with Crippen LogP contribution in [0.3, 0.4) is 0 Å². The summed E-state index contributed by atoms with van der Waals surface area (Å²) in [5, 5.41) is 4.37. The van der Waals surface area contributed by atoms with Crippen molar-refractivity contribution in [3.05, 3.63) is 36.7 Å². The topological polar surface area (TPSA) is 82.5 Å². The zero-order valence-electron chi connectivity index (χ0n) is 17.5. The Morgan fingerprint density at radius 2 is 1.57 bits per heavy atom. The molecule has 1 aliphatic rings. The second-order valence-electron chi connectivity index (χ2n) is 9.16. The Morgan fingerprint density at radius 3 is 2.07 bits per heavy atom. The number of hydrogen-bond donors (Lipinski definition) is 1. The van der Waals surface area contributed by atoms with Gasteiger partial charge in [-0.25, -0.2) is 17.8 Å². The van der Waals surface area contributed by atoms with E-state index in [1.165, 1.54) is 0 Å². The molecule has 2 aromatic rings. The van der Waals surface area contributed by atoms with Crippen LogP contribution in [0.5, 0.6) is 0 Å². The lowest BCUT2D eigenvalue weighted by Crippen LogP contribution is -2.41. The van der Waals surface area contributed by atoms with Gasteiger partial charge in [-0.2, -0.15) is 5.10 Å². The van der Waals surface area contributed by atoms with Crippen molar-refractivity contribution in [2.24, 2.45) is 0 Å². The fourth-order valence-electron chi connectivity index (χ4n) is 2.82. The minimum Gasteiger partial charge on any atom is -0.399 e. The SMILES string of the molecule is CC(C)(C)NS(=O)(=O)c1ccc(-n2cc(B3OC(C)(C)C(C)(C)O3)cn2)cc1. The lowest BCUT2D eigenvalue weighted by atomic mass is 9.82. The van der Waals surface area contributed by atoms with Crippen molar-refractivity contribution < 1.29 is 17.7 Å². The predicted octanol–water partition coefficient (Wildman–Crippen LogP) is 2.25. The minimum atomic E-state index is -3.57. The van der Waals surface area contributed by atoms with Crippen LogP contribution in [0.15, 0.2) is 41.6 Å². The first-order valence-electron chi connectivity index (χ1n) is 9.25. The van der Waals surface area contributed by atoms with Crippen LogP contribution in [0.4, 0.5) is 0 Å². The first kappa shape index (κ1) is 21.0. The van der Waals surface area contributed by atoms with E-state index >= 15 is 0 Å². The van der Waals surface area contributed by atoms with E-state index in [9.17, 15) is 8.42 Å². The molecule has 1 fully saturated rings. The van der Waals surface area contributed by atoms with Gasteiger partial charge in [-0.05, 0) is 72.7 Å². The highest BCUT2D eigenvalue weighted by molar-refractivity contribution is 7.89. The van der Waals surface area contributed by atoms with Crippen molar-refractivity contribution in [2.75, 3.05) is 0 Å². The third kappa shape index (κ3) is 4.17. The van der Waals surface area contributed by atoms with Crippen LogP contribution in [0, 0.1) is 0 Å². The normalized spacial score (nSPS) is 19.2. The first-order chi connectivity index (χ1) is 12.7. The molecule has 7 nitrogen and oxygen atoms in total.